The predicted octanol–water partition coefficient (Wildman–Crippen LogP) is 2.95. The van der Waals surface area contributed by atoms with Crippen molar-refractivity contribution in [3.63, 3.8) is 0 Å². The zero-order chi connectivity index (χ0) is 22.4. The lowest BCUT2D eigenvalue weighted by Crippen LogP contribution is -2.44. The van der Waals surface area contributed by atoms with E-state index in [0.29, 0.717) is 12.3 Å². The van der Waals surface area contributed by atoms with Crippen molar-refractivity contribution in [2.75, 3.05) is 40.3 Å². The van der Waals surface area contributed by atoms with Crippen molar-refractivity contribution in [3.8, 4) is 23.0 Å². The fraction of sp³-hybridized carbons (Fsp3) is 0.292. The molecule has 0 radical (unpaired) electrons. The van der Waals surface area contributed by atoms with Crippen LogP contribution in [0.25, 0.3) is 17.0 Å². The number of likely N-dealkylation sites (N-methyl/N-ethyl adjacent to an activating group) is 1. The van der Waals surface area contributed by atoms with E-state index >= 15 is 0 Å². The third-order valence-electron chi connectivity index (χ3n) is 6.12. The van der Waals surface area contributed by atoms with Crippen molar-refractivity contribution >= 4 is 22.8 Å². The molecule has 0 aliphatic carbocycles. The van der Waals surface area contributed by atoms with Crippen molar-refractivity contribution in [3.05, 3.63) is 52.9 Å². The first-order valence-electron chi connectivity index (χ1n) is 10.5. The van der Waals surface area contributed by atoms with E-state index in [-0.39, 0.29) is 28.6 Å². The Morgan fingerprint density at radius 2 is 1.94 bits per heavy atom. The fourth-order valence-electron chi connectivity index (χ4n) is 4.30. The standard InChI is InChI=1S/C24H25N3O5/c1-26-5-7-27(8-6-26)13-19-17(16-11-15(31-2)3-4-18(16)25-19)12-22-24(30)23-20(29)9-14(28)10-21(23)32-22/h3-4,9-12,25,28-29H,5-8,13H2,1-2H3/b22-12-. The highest BCUT2D eigenvalue weighted by Gasteiger charge is 2.32. The van der Waals surface area contributed by atoms with Gasteiger partial charge in [-0.25, -0.2) is 0 Å². The van der Waals surface area contributed by atoms with Gasteiger partial charge >= 0.3 is 0 Å². The van der Waals surface area contributed by atoms with Gasteiger partial charge in [0, 0.05) is 67.0 Å². The highest BCUT2D eigenvalue weighted by atomic mass is 16.5. The number of methoxy groups -OCH3 is 1. The zero-order valence-corrected chi connectivity index (χ0v) is 18.0. The molecule has 0 amide bonds. The van der Waals surface area contributed by atoms with E-state index in [4.69, 9.17) is 9.47 Å². The van der Waals surface area contributed by atoms with E-state index in [0.717, 1.165) is 54.4 Å². The number of hydrogen-bond donors (Lipinski definition) is 3. The second-order valence-corrected chi connectivity index (χ2v) is 8.29. The Kier molecular flexibility index (Phi) is 5.03. The number of hydrogen-bond acceptors (Lipinski definition) is 7. The van der Waals surface area contributed by atoms with Crippen LogP contribution in [0.15, 0.2) is 36.1 Å². The summed E-state index contributed by atoms with van der Waals surface area (Å²) in [6.07, 6.45) is 1.71. The number of carbonyl (C=O) groups is 1. The summed E-state index contributed by atoms with van der Waals surface area (Å²) in [6.45, 7) is 4.63. The minimum atomic E-state index is -0.416. The quantitative estimate of drug-likeness (QED) is 0.542. The number of allylic oxidation sites excluding steroid dienone is 1. The number of benzene rings is 2. The van der Waals surface area contributed by atoms with E-state index in [1.807, 2.05) is 18.2 Å². The number of fused-ring (bicyclic) bond motifs is 2. The summed E-state index contributed by atoms with van der Waals surface area (Å²) >= 11 is 0. The maximum absolute atomic E-state index is 13.0. The van der Waals surface area contributed by atoms with Crippen LogP contribution in [0.1, 0.15) is 21.6 Å². The molecule has 0 unspecified atom stereocenters. The first-order valence-corrected chi connectivity index (χ1v) is 10.5. The number of aromatic amines is 1. The van der Waals surface area contributed by atoms with Gasteiger partial charge in [-0.2, -0.15) is 0 Å². The van der Waals surface area contributed by atoms with Crippen LogP contribution in [0.2, 0.25) is 0 Å². The van der Waals surface area contributed by atoms with Gasteiger partial charge in [0.25, 0.3) is 0 Å². The molecular formula is C24H25N3O5. The van der Waals surface area contributed by atoms with Crippen molar-refractivity contribution in [1.29, 1.82) is 0 Å². The van der Waals surface area contributed by atoms with Crippen molar-refractivity contribution < 1.29 is 24.5 Å². The molecule has 5 rings (SSSR count). The molecule has 8 nitrogen and oxygen atoms in total. The lowest BCUT2D eigenvalue weighted by molar-refractivity contribution is 0.101. The molecule has 0 saturated carbocycles. The summed E-state index contributed by atoms with van der Waals surface area (Å²) in [7, 11) is 3.74. The van der Waals surface area contributed by atoms with E-state index in [2.05, 4.69) is 21.8 Å². The van der Waals surface area contributed by atoms with E-state index < -0.39 is 5.78 Å². The largest absolute Gasteiger partial charge is 0.508 e. The predicted molar refractivity (Wildman–Crippen MR) is 120 cm³/mol. The molecule has 8 heteroatoms. The molecule has 166 valence electrons. The molecule has 2 aliphatic heterocycles. The van der Waals surface area contributed by atoms with Crippen LogP contribution in [0, 0.1) is 0 Å². The number of Topliss-reactive ketones (excluding diaryl/α,β-unsaturated/α-hetero) is 1. The van der Waals surface area contributed by atoms with Crippen LogP contribution in [0.4, 0.5) is 0 Å². The molecule has 32 heavy (non-hydrogen) atoms. The van der Waals surface area contributed by atoms with Crippen molar-refractivity contribution in [2.24, 2.45) is 0 Å². The van der Waals surface area contributed by atoms with Crippen LogP contribution < -0.4 is 9.47 Å². The number of aromatic hydroxyl groups is 2. The van der Waals surface area contributed by atoms with Gasteiger partial charge < -0.3 is 29.6 Å². The molecule has 3 N–H and O–H groups in total. The van der Waals surface area contributed by atoms with Gasteiger partial charge in [0.2, 0.25) is 5.78 Å². The van der Waals surface area contributed by atoms with Gasteiger partial charge in [0.05, 0.1) is 7.11 Å². The smallest absolute Gasteiger partial charge is 0.235 e. The average molecular weight is 435 g/mol. The number of carbonyl (C=O) groups excluding carboxylic acids is 1. The summed E-state index contributed by atoms with van der Waals surface area (Å²) in [5.41, 5.74) is 2.82. The maximum atomic E-state index is 13.0. The summed E-state index contributed by atoms with van der Waals surface area (Å²) < 4.78 is 11.2. The minimum Gasteiger partial charge on any atom is -0.508 e. The molecule has 3 heterocycles. The Morgan fingerprint density at radius 1 is 1.16 bits per heavy atom. The lowest BCUT2D eigenvalue weighted by atomic mass is 10.1. The van der Waals surface area contributed by atoms with E-state index in [1.54, 1.807) is 13.2 Å². The van der Waals surface area contributed by atoms with Crippen molar-refractivity contribution in [1.82, 2.24) is 14.8 Å². The molecule has 0 spiro atoms. The number of ether oxygens (including phenoxy) is 2. The molecule has 0 atom stereocenters. The Morgan fingerprint density at radius 3 is 2.69 bits per heavy atom. The summed E-state index contributed by atoms with van der Waals surface area (Å²) in [5, 5.41) is 20.8. The SMILES string of the molecule is COc1ccc2[nH]c(CN3CCN(C)CC3)c(/C=C3\Oc4cc(O)cc(O)c4C3=O)c2c1. The van der Waals surface area contributed by atoms with Crippen LogP contribution in [-0.2, 0) is 6.54 Å². The van der Waals surface area contributed by atoms with E-state index in [1.165, 1.54) is 6.07 Å². The lowest BCUT2D eigenvalue weighted by Gasteiger charge is -2.32. The number of aromatic nitrogens is 1. The van der Waals surface area contributed by atoms with Gasteiger partial charge in [0.1, 0.15) is 28.6 Å². The molecule has 1 aromatic heterocycles. The van der Waals surface area contributed by atoms with Gasteiger partial charge in [-0.05, 0) is 31.3 Å². The highest BCUT2D eigenvalue weighted by Crippen LogP contribution is 2.41. The number of phenolic OH excluding ortho intramolecular Hbond substituents is 2. The first-order chi connectivity index (χ1) is 15.4. The number of nitrogens with one attached hydrogen (secondary N) is 1. The summed E-state index contributed by atoms with van der Waals surface area (Å²) in [6, 6.07) is 8.25. The highest BCUT2D eigenvalue weighted by molar-refractivity contribution is 6.17. The van der Waals surface area contributed by atoms with Gasteiger partial charge in [-0.15, -0.1) is 0 Å². The molecule has 1 fully saturated rings. The van der Waals surface area contributed by atoms with Crippen LogP contribution in [0.3, 0.4) is 0 Å². The molecule has 3 aromatic rings. The number of rotatable bonds is 4. The third kappa shape index (κ3) is 3.57. The number of nitrogens with zero attached hydrogens (tertiary/aromatic N) is 2. The number of ketones is 1. The molecule has 1 saturated heterocycles. The van der Waals surface area contributed by atoms with Crippen LogP contribution in [-0.4, -0.2) is 71.1 Å². The molecular weight excluding hydrogens is 410 g/mol. The Labute approximate surface area is 185 Å². The normalized spacial score (nSPS) is 18.3. The van der Waals surface area contributed by atoms with E-state index in [9.17, 15) is 15.0 Å². The number of H-pyrrole nitrogens is 1. The minimum absolute atomic E-state index is 0.0621. The molecule has 2 aliphatic rings. The maximum Gasteiger partial charge on any atom is 0.235 e. The number of piperazine rings is 1. The van der Waals surface area contributed by atoms with Crippen LogP contribution >= 0.6 is 0 Å². The summed E-state index contributed by atoms with van der Waals surface area (Å²) in [4.78, 5) is 21.1. The molecule has 2 aromatic carbocycles. The Bertz CT molecular complexity index is 1240. The first kappa shape index (κ1) is 20.4. The number of phenols is 2. The van der Waals surface area contributed by atoms with Crippen LogP contribution in [0.5, 0.6) is 23.0 Å². The van der Waals surface area contributed by atoms with Crippen molar-refractivity contribution in [2.45, 2.75) is 6.54 Å². The second-order valence-electron chi connectivity index (χ2n) is 8.29. The zero-order valence-electron chi connectivity index (χ0n) is 18.0. The second kappa shape index (κ2) is 7.89. The third-order valence-corrected chi connectivity index (χ3v) is 6.12. The topological polar surface area (TPSA) is 98.3 Å². The monoisotopic (exact) mass is 435 g/mol. The average Bonchev–Trinajstić information content (AvgIpc) is 3.26. The fourth-order valence-corrected chi connectivity index (χ4v) is 4.30. The van der Waals surface area contributed by atoms with Gasteiger partial charge in [0.15, 0.2) is 5.76 Å². The molecule has 0 bridgehead atoms. The summed E-state index contributed by atoms with van der Waals surface area (Å²) in [5.74, 6) is 0.0858. The Hall–Kier alpha value is -3.49. The Balaban J connectivity index is 1.57. The van der Waals surface area contributed by atoms with Gasteiger partial charge in [-0.1, -0.05) is 0 Å². The van der Waals surface area contributed by atoms with Gasteiger partial charge in [-0.3, -0.25) is 9.69 Å².